The predicted octanol–water partition coefficient (Wildman–Crippen LogP) is 12.0. The molecule has 8 aromatic carbocycles. The van der Waals surface area contributed by atoms with Crippen LogP contribution in [0.1, 0.15) is 0 Å². The second kappa shape index (κ2) is 11.2. The van der Waals surface area contributed by atoms with Crippen molar-refractivity contribution in [2.45, 2.75) is 0 Å². The highest BCUT2D eigenvalue weighted by Crippen LogP contribution is 2.45. The number of fused-ring (bicyclic) bond motifs is 4. The van der Waals surface area contributed by atoms with Crippen molar-refractivity contribution in [1.29, 1.82) is 0 Å². The highest BCUT2D eigenvalue weighted by atomic mass is 16.3. The highest BCUT2D eigenvalue weighted by Gasteiger charge is 2.23. The molecule has 52 heavy (non-hydrogen) atoms. The summed E-state index contributed by atoms with van der Waals surface area (Å²) in [6.07, 6.45) is 0. The molecule has 0 radical (unpaired) electrons. The lowest BCUT2D eigenvalue weighted by molar-refractivity contribution is 0.623. The molecule has 11 rings (SSSR count). The van der Waals surface area contributed by atoms with Crippen molar-refractivity contribution in [2.75, 3.05) is 0 Å². The molecule has 3 aromatic heterocycles. The Balaban J connectivity index is 1.05. The lowest BCUT2D eigenvalue weighted by Gasteiger charge is -2.10. The van der Waals surface area contributed by atoms with Gasteiger partial charge in [0.05, 0.1) is 0 Å². The average molecular weight is 667 g/mol. The summed E-state index contributed by atoms with van der Waals surface area (Å²) in [7, 11) is 0. The van der Waals surface area contributed by atoms with E-state index in [0.29, 0.717) is 23.4 Å². The minimum absolute atomic E-state index is 0.600. The molecule has 0 aliphatic carbocycles. The van der Waals surface area contributed by atoms with E-state index in [1.54, 1.807) is 0 Å². The first-order chi connectivity index (χ1) is 25.7. The van der Waals surface area contributed by atoms with Crippen molar-refractivity contribution in [3.05, 3.63) is 158 Å². The lowest BCUT2D eigenvalue weighted by Crippen LogP contribution is -2.00. The molecular weight excluding hydrogens is 641 g/mol. The fraction of sp³-hybridized carbons (Fsp3) is 0. The van der Waals surface area contributed by atoms with Crippen molar-refractivity contribution in [3.63, 3.8) is 0 Å². The Morgan fingerprint density at radius 2 is 0.962 bits per heavy atom. The summed E-state index contributed by atoms with van der Waals surface area (Å²) in [4.78, 5) is 19.9. The molecule has 0 aliphatic heterocycles. The van der Waals surface area contributed by atoms with Crippen LogP contribution in [0.15, 0.2) is 167 Å². The van der Waals surface area contributed by atoms with Crippen LogP contribution < -0.4 is 0 Å². The second-order valence-electron chi connectivity index (χ2n) is 13.1. The Morgan fingerprint density at radius 3 is 1.73 bits per heavy atom. The van der Waals surface area contributed by atoms with Gasteiger partial charge in [-0.25, -0.2) is 19.9 Å². The van der Waals surface area contributed by atoms with Crippen LogP contribution >= 0.6 is 0 Å². The molecule has 0 saturated carbocycles. The van der Waals surface area contributed by atoms with Crippen LogP contribution in [0.3, 0.4) is 0 Å². The van der Waals surface area contributed by atoms with Crippen molar-refractivity contribution in [1.82, 2.24) is 19.9 Å². The maximum Gasteiger partial charge on any atom is 0.227 e. The van der Waals surface area contributed by atoms with Crippen molar-refractivity contribution >= 4 is 54.6 Å². The minimum atomic E-state index is 0.600. The number of rotatable bonds is 5. The molecule has 3 heterocycles. The van der Waals surface area contributed by atoms with Gasteiger partial charge in [0.1, 0.15) is 16.7 Å². The summed E-state index contributed by atoms with van der Waals surface area (Å²) < 4.78 is 13.0. The van der Waals surface area contributed by atoms with Crippen LogP contribution in [0.4, 0.5) is 0 Å². The fourth-order valence-electron chi connectivity index (χ4n) is 7.37. The van der Waals surface area contributed by atoms with E-state index >= 15 is 0 Å². The normalized spacial score (nSPS) is 11.8. The van der Waals surface area contributed by atoms with Gasteiger partial charge >= 0.3 is 0 Å². The molecule has 0 saturated heterocycles. The van der Waals surface area contributed by atoms with Gasteiger partial charge in [0.2, 0.25) is 5.89 Å². The fourth-order valence-corrected chi connectivity index (χ4v) is 7.37. The number of oxazole rings is 1. The largest absolute Gasteiger partial charge is 0.456 e. The van der Waals surface area contributed by atoms with Gasteiger partial charge in [-0.05, 0) is 58.3 Å². The quantitative estimate of drug-likeness (QED) is 0.170. The standard InChI is InChI=1S/C46H26N4O2/c1-3-11-29(12-4-1)43-48-44(50-45(49-43)33-23-20-27-10-7-8-15-32(27)24-33)30-21-18-28(19-22-30)34-25-36-40-38(26-34)51-37-17-9-16-35(39(37)40)41-42(36)52-46(47-41)31-13-5-2-6-14-31/h1-26H. The summed E-state index contributed by atoms with van der Waals surface area (Å²) >= 11 is 0. The molecule has 0 unspecified atom stereocenters. The van der Waals surface area contributed by atoms with Crippen LogP contribution in [-0.2, 0) is 0 Å². The van der Waals surface area contributed by atoms with E-state index in [0.717, 1.165) is 82.6 Å². The monoisotopic (exact) mass is 666 g/mol. The zero-order chi connectivity index (χ0) is 34.2. The van der Waals surface area contributed by atoms with Gasteiger partial charge in [-0.2, -0.15) is 0 Å². The highest BCUT2D eigenvalue weighted by molar-refractivity contribution is 6.31. The first-order valence-electron chi connectivity index (χ1n) is 17.2. The summed E-state index contributed by atoms with van der Waals surface area (Å²) in [5, 5.41) is 6.43. The molecule has 0 atom stereocenters. The van der Waals surface area contributed by atoms with E-state index < -0.39 is 0 Å². The zero-order valence-corrected chi connectivity index (χ0v) is 27.6. The molecule has 6 heteroatoms. The third kappa shape index (κ3) is 4.51. The number of hydrogen-bond donors (Lipinski definition) is 0. The zero-order valence-electron chi connectivity index (χ0n) is 27.6. The lowest BCUT2D eigenvalue weighted by atomic mass is 9.96. The van der Waals surface area contributed by atoms with Gasteiger partial charge in [0, 0.05) is 43.8 Å². The van der Waals surface area contributed by atoms with Crippen LogP contribution in [0.5, 0.6) is 0 Å². The SMILES string of the molecule is c1ccc(-c2nc(-c3ccc(-c4cc5oc6cccc7c8nc(-c9ccccc9)oc8c(c4)c5c67)cc3)nc(-c3ccc4ccccc4c3)n2)cc1. The number of hydrogen-bond acceptors (Lipinski definition) is 6. The minimum Gasteiger partial charge on any atom is -0.456 e. The smallest absolute Gasteiger partial charge is 0.227 e. The predicted molar refractivity (Wildman–Crippen MR) is 208 cm³/mol. The first-order valence-corrected chi connectivity index (χ1v) is 17.2. The number of aromatic nitrogens is 4. The third-order valence-corrected chi connectivity index (χ3v) is 9.90. The van der Waals surface area contributed by atoms with Crippen LogP contribution in [0.25, 0.3) is 111 Å². The molecule has 6 nitrogen and oxygen atoms in total. The topological polar surface area (TPSA) is 77.8 Å². The van der Waals surface area contributed by atoms with E-state index in [9.17, 15) is 0 Å². The first kappa shape index (κ1) is 28.6. The van der Waals surface area contributed by atoms with E-state index in [1.807, 2.05) is 84.9 Å². The second-order valence-corrected chi connectivity index (χ2v) is 13.1. The van der Waals surface area contributed by atoms with E-state index in [2.05, 4.69) is 72.8 Å². The number of nitrogens with zero attached hydrogens (tertiary/aromatic N) is 4. The Bertz CT molecular complexity index is 3110. The molecule has 0 N–H and O–H groups in total. The molecule has 0 bridgehead atoms. The summed E-state index contributed by atoms with van der Waals surface area (Å²) in [6, 6.07) is 53.5. The third-order valence-electron chi connectivity index (χ3n) is 9.90. The molecule has 0 amide bonds. The maximum absolute atomic E-state index is 6.55. The van der Waals surface area contributed by atoms with Gasteiger partial charge in [-0.15, -0.1) is 0 Å². The van der Waals surface area contributed by atoms with E-state index in [1.165, 1.54) is 5.39 Å². The molecule has 242 valence electrons. The van der Waals surface area contributed by atoms with Crippen molar-refractivity contribution in [2.24, 2.45) is 0 Å². The Morgan fingerprint density at radius 1 is 0.346 bits per heavy atom. The molecule has 0 spiro atoms. The summed E-state index contributed by atoms with van der Waals surface area (Å²) in [5.74, 6) is 2.47. The molecular formula is C46H26N4O2. The Hall–Kier alpha value is -7.18. The van der Waals surface area contributed by atoms with Crippen LogP contribution in [-0.4, -0.2) is 19.9 Å². The van der Waals surface area contributed by atoms with Gasteiger partial charge in [-0.3, -0.25) is 0 Å². The van der Waals surface area contributed by atoms with Gasteiger partial charge in [-0.1, -0.05) is 121 Å². The van der Waals surface area contributed by atoms with Gasteiger partial charge < -0.3 is 8.83 Å². The van der Waals surface area contributed by atoms with Gasteiger partial charge in [0.15, 0.2) is 23.1 Å². The average Bonchev–Trinajstić information content (AvgIpc) is 3.84. The molecule has 0 aliphatic rings. The molecule has 11 aromatic rings. The Kier molecular flexibility index (Phi) is 6.15. The van der Waals surface area contributed by atoms with E-state index in [-0.39, 0.29) is 0 Å². The maximum atomic E-state index is 6.55. The van der Waals surface area contributed by atoms with E-state index in [4.69, 9.17) is 28.8 Å². The van der Waals surface area contributed by atoms with Crippen LogP contribution in [0.2, 0.25) is 0 Å². The Labute approximate surface area is 297 Å². The number of benzene rings is 8. The van der Waals surface area contributed by atoms with Crippen LogP contribution in [0, 0.1) is 0 Å². The summed E-state index contributed by atoms with van der Waals surface area (Å²) in [5.41, 5.74) is 8.98. The summed E-state index contributed by atoms with van der Waals surface area (Å²) in [6.45, 7) is 0. The van der Waals surface area contributed by atoms with Crippen molar-refractivity contribution in [3.8, 4) is 56.7 Å². The molecule has 0 fully saturated rings. The van der Waals surface area contributed by atoms with Gasteiger partial charge in [0.25, 0.3) is 0 Å². The van der Waals surface area contributed by atoms with Crippen molar-refractivity contribution < 1.29 is 8.83 Å². The number of furan rings is 1.